The molecule has 0 aliphatic carbocycles. The molecule has 104 valence electrons. The summed E-state index contributed by atoms with van der Waals surface area (Å²) in [5, 5.41) is 2.74. The van der Waals surface area contributed by atoms with Crippen LogP contribution in [0.3, 0.4) is 0 Å². The first-order valence-electron chi connectivity index (χ1n) is 5.99. The molecule has 0 aliphatic rings. The van der Waals surface area contributed by atoms with Crippen LogP contribution >= 0.6 is 15.9 Å². The van der Waals surface area contributed by atoms with Crippen molar-refractivity contribution in [3.63, 3.8) is 0 Å². The molecule has 0 saturated heterocycles. The Morgan fingerprint density at radius 2 is 1.75 bits per heavy atom. The molecule has 0 saturated carbocycles. The summed E-state index contributed by atoms with van der Waals surface area (Å²) in [7, 11) is 0. The van der Waals surface area contributed by atoms with E-state index in [4.69, 9.17) is 0 Å². The summed E-state index contributed by atoms with van der Waals surface area (Å²) in [5.74, 6) is -2.45. The number of carbonyl (C=O) groups excluding carboxylic acids is 1. The van der Waals surface area contributed by atoms with Crippen LogP contribution in [0.25, 0.3) is 0 Å². The van der Waals surface area contributed by atoms with Crippen LogP contribution in [-0.4, -0.2) is 5.91 Å². The van der Waals surface area contributed by atoms with Crippen molar-refractivity contribution in [1.82, 2.24) is 5.32 Å². The Bertz CT molecular complexity index is 628. The van der Waals surface area contributed by atoms with E-state index in [0.29, 0.717) is 0 Å². The Morgan fingerprint density at radius 3 is 2.35 bits per heavy atom. The number of benzene rings is 2. The van der Waals surface area contributed by atoms with Gasteiger partial charge in [-0.3, -0.25) is 4.79 Å². The number of nitrogens with one attached hydrogen (secondary N) is 1. The molecular weight excluding hydrogens is 328 g/mol. The number of amides is 1. The van der Waals surface area contributed by atoms with Crippen LogP contribution in [0.15, 0.2) is 46.9 Å². The van der Waals surface area contributed by atoms with Crippen LogP contribution < -0.4 is 5.32 Å². The van der Waals surface area contributed by atoms with E-state index in [1.807, 2.05) is 31.2 Å². The maximum Gasteiger partial charge on any atom is 0.251 e. The second-order valence-electron chi connectivity index (χ2n) is 4.38. The SMILES string of the molecule is C[C@@H](NC(=O)c1ccc(F)c(F)c1)c1ccc(Br)cc1. The average Bonchev–Trinajstić information content (AvgIpc) is 2.42. The molecule has 0 spiro atoms. The summed E-state index contributed by atoms with van der Waals surface area (Å²) in [4.78, 5) is 11.9. The van der Waals surface area contributed by atoms with Gasteiger partial charge in [-0.1, -0.05) is 28.1 Å². The van der Waals surface area contributed by atoms with Crippen LogP contribution in [0.5, 0.6) is 0 Å². The van der Waals surface area contributed by atoms with Gasteiger partial charge >= 0.3 is 0 Å². The predicted molar refractivity (Wildman–Crippen MR) is 76.4 cm³/mol. The standard InChI is InChI=1S/C15H12BrF2NO/c1-9(10-2-5-12(16)6-3-10)19-15(20)11-4-7-13(17)14(18)8-11/h2-9H,1H3,(H,19,20)/t9-/m1/s1. The van der Waals surface area contributed by atoms with Crippen LogP contribution in [0.4, 0.5) is 8.78 Å². The summed E-state index contributed by atoms with van der Waals surface area (Å²) < 4.78 is 26.8. The van der Waals surface area contributed by atoms with Crippen molar-refractivity contribution >= 4 is 21.8 Å². The molecule has 0 aliphatic heterocycles. The zero-order valence-corrected chi connectivity index (χ0v) is 12.2. The molecule has 1 amide bonds. The predicted octanol–water partition coefficient (Wildman–Crippen LogP) is 4.22. The van der Waals surface area contributed by atoms with Gasteiger partial charge in [0, 0.05) is 10.0 Å². The Labute approximate surface area is 123 Å². The number of hydrogen-bond acceptors (Lipinski definition) is 1. The van der Waals surface area contributed by atoms with Gasteiger partial charge < -0.3 is 5.32 Å². The van der Waals surface area contributed by atoms with E-state index in [0.717, 1.165) is 22.2 Å². The highest BCUT2D eigenvalue weighted by molar-refractivity contribution is 9.10. The van der Waals surface area contributed by atoms with E-state index < -0.39 is 17.5 Å². The summed E-state index contributed by atoms with van der Waals surface area (Å²) in [6, 6.07) is 10.3. The van der Waals surface area contributed by atoms with Gasteiger partial charge in [0.25, 0.3) is 5.91 Å². The lowest BCUT2D eigenvalue weighted by Gasteiger charge is -2.14. The van der Waals surface area contributed by atoms with E-state index in [1.165, 1.54) is 6.07 Å². The van der Waals surface area contributed by atoms with Gasteiger partial charge in [0.15, 0.2) is 11.6 Å². The molecule has 0 bridgehead atoms. The third-order valence-corrected chi connectivity index (χ3v) is 3.43. The van der Waals surface area contributed by atoms with Gasteiger partial charge in [0.2, 0.25) is 0 Å². The van der Waals surface area contributed by atoms with Crippen LogP contribution in [0.2, 0.25) is 0 Å². The molecule has 5 heteroatoms. The molecule has 1 atom stereocenters. The van der Waals surface area contributed by atoms with E-state index in [1.54, 1.807) is 0 Å². The van der Waals surface area contributed by atoms with Crippen molar-refractivity contribution in [2.45, 2.75) is 13.0 Å². The molecule has 0 unspecified atom stereocenters. The van der Waals surface area contributed by atoms with Crippen molar-refractivity contribution in [2.24, 2.45) is 0 Å². The Morgan fingerprint density at radius 1 is 1.10 bits per heavy atom. The van der Waals surface area contributed by atoms with Crippen LogP contribution in [0, 0.1) is 11.6 Å². The van der Waals surface area contributed by atoms with E-state index >= 15 is 0 Å². The second kappa shape index (κ2) is 6.13. The van der Waals surface area contributed by atoms with Crippen molar-refractivity contribution in [3.05, 3.63) is 69.7 Å². The lowest BCUT2D eigenvalue weighted by Crippen LogP contribution is -2.26. The Kier molecular flexibility index (Phi) is 4.49. The quantitative estimate of drug-likeness (QED) is 0.891. The van der Waals surface area contributed by atoms with Crippen molar-refractivity contribution < 1.29 is 13.6 Å². The molecule has 2 aromatic rings. The minimum atomic E-state index is -1.03. The highest BCUT2D eigenvalue weighted by atomic mass is 79.9. The number of carbonyl (C=O) groups is 1. The maximum atomic E-state index is 13.1. The number of hydrogen-bond donors (Lipinski definition) is 1. The number of halogens is 3. The maximum absolute atomic E-state index is 13.1. The lowest BCUT2D eigenvalue weighted by molar-refractivity contribution is 0.0939. The molecule has 0 fully saturated rings. The normalized spacial score (nSPS) is 12.0. The van der Waals surface area contributed by atoms with Gasteiger partial charge in [0.1, 0.15) is 0 Å². The van der Waals surface area contributed by atoms with Gasteiger partial charge in [-0.05, 0) is 42.8 Å². The zero-order valence-electron chi connectivity index (χ0n) is 10.7. The smallest absolute Gasteiger partial charge is 0.251 e. The fourth-order valence-corrected chi connectivity index (χ4v) is 2.02. The largest absolute Gasteiger partial charge is 0.346 e. The molecule has 2 rings (SSSR count). The minimum Gasteiger partial charge on any atom is -0.346 e. The van der Waals surface area contributed by atoms with E-state index in [2.05, 4.69) is 21.2 Å². The fourth-order valence-electron chi connectivity index (χ4n) is 1.75. The lowest BCUT2D eigenvalue weighted by atomic mass is 10.1. The first-order valence-corrected chi connectivity index (χ1v) is 6.78. The third kappa shape index (κ3) is 3.42. The molecule has 1 N–H and O–H groups in total. The molecule has 2 nitrogen and oxygen atoms in total. The zero-order chi connectivity index (χ0) is 14.7. The van der Waals surface area contributed by atoms with Crippen molar-refractivity contribution in [3.8, 4) is 0 Å². The summed E-state index contributed by atoms with van der Waals surface area (Å²) in [6.45, 7) is 1.82. The third-order valence-electron chi connectivity index (χ3n) is 2.90. The second-order valence-corrected chi connectivity index (χ2v) is 5.29. The highest BCUT2D eigenvalue weighted by Crippen LogP contribution is 2.17. The molecule has 0 heterocycles. The summed E-state index contributed by atoms with van der Waals surface area (Å²) in [6.07, 6.45) is 0. The highest BCUT2D eigenvalue weighted by Gasteiger charge is 2.13. The van der Waals surface area contributed by atoms with Crippen LogP contribution in [-0.2, 0) is 0 Å². The average molecular weight is 340 g/mol. The fraction of sp³-hybridized carbons (Fsp3) is 0.133. The molecule has 0 radical (unpaired) electrons. The first kappa shape index (κ1) is 14.7. The van der Waals surface area contributed by atoms with E-state index in [9.17, 15) is 13.6 Å². The molecule has 0 aromatic heterocycles. The molecular formula is C15H12BrF2NO. The topological polar surface area (TPSA) is 29.1 Å². The summed E-state index contributed by atoms with van der Waals surface area (Å²) >= 11 is 3.33. The Hall–Kier alpha value is -1.75. The van der Waals surface area contributed by atoms with E-state index in [-0.39, 0.29) is 11.6 Å². The van der Waals surface area contributed by atoms with Gasteiger partial charge in [-0.25, -0.2) is 8.78 Å². The van der Waals surface area contributed by atoms with Gasteiger partial charge in [0.05, 0.1) is 6.04 Å². The van der Waals surface area contributed by atoms with Crippen molar-refractivity contribution in [1.29, 1.82) is 0 Å². The van der Waals surface area contributed by atoms with Crippen LogP contribution in [0.1, 0.15) is 28.9 Å². The molecule has 20 heavy (non-hydrogen) atoms. The number of rotatable bonds is 3. The minimum absolute atomic E-state index is 0.0906. The first-order chi connectivity index (χ1) is 9.47. The monoisotopic (exact) mass is 339 g/mol. The van der Waals surface area contributed by atoms with Gasteiger partial charge in [-0.15, -0.1) is 0 Å². The van der Waals surface area contributed by atoms with Gasteiger partial charge in [-0.2, -0.15) is 0 Å². The Balaban J connectivity index is 2.10. The molecule has 2 aromatic carbocycles. The summed E-state index contributed by atoms with van der Waals surface area (Å²) in [5.41, 5.74) is 1.01. The van der Waals surface area contributed by atoms with Crippen molar-refractivity contribution in [2.75, 3.05) is 0 Å².